The second-order valence-electron chi connectivity index (χ2n) is 7.25. The molecule has 1 aliphatic carbocycles. The molecular formula is C18H26N2O2. The summed E-state index contributed by atoms with van der Waals surface area (Å²) < 4.78 is 6.08. The van der Waals surface area contributed by atoms with E-state index in [1.807, 2.05) is 24.1 Å². The fraction of sp³-hybridized carbons (Fsp3) is 0.667. The molecule has 0 radical (unpaired) electrons. The number of hydrogen-bond acceptors (Lipinski definition) is 3. The van der Waals surface area contributed by atoms with Crippen LogP contribution in [0.3, 0.4) is 0 Å². The lowest BCUT2D eigenvalue weighted by molar-refractivity contribution is -0.143. The predicted molar refractivity (Wildman–Crippen MR) is 85.7 cm³/mol. The summed E-state index contributed by atoms with van der Waals surface area (Å²) in [6.07, 6.45) is 8.03. The number of aromatic nitrogens is 1. The summed E-state index contributed by atoms with van der Waals surface area (Å²) in [5, 5.41) is 0. The number of ether oxygens (including phenoxy) is 1. The number of hydrogen-bond donors (Lipinski definition) is 0. The molecule has 2 aliphatic rings. The number of rotatable bonds is 4. The average molecular weight is 302 g/mol. The molecule has 4 heteroatoms. The van der Waals surface area contributed by atoms with Crippen molar-refractivity contribution in [3.63, 3.8) is 0 Å². The van der Waals surface area contributed by atoms with E-state index in [1.165, 1.54) is 12.8 Å². The van der Waals surface area contributed by atoms with Crippen molar-refractivity contribution in [1.82, 2.24) is 9.88 Å². The molecular weight excluding hydrogens is 276 g/mol. The Balaban J connectivity index is 1.54. The molecule has 22 heavy (non-hydrogen) atoms. The Kier molecular flexibility index (Phi) is 4.11. The van der Waals surface area contributed by atoms with Gasteiger partial charge in [0.15, 0.2) is 0 Å². The zero-order chi connectivity index (χ0) is 15.7. The standard InChI is InChI=1S/C18H26N2O2/c1-13-12-19-9-6-16(13)22-15-7-10-20(11-8-15)17(21)18(2,3)14-4-5-14/h6,9,12,14-15H,4-5,7-8,10-11H2,1-3H3. The Morgan fingerprint density at radius 2 is 1.95 bits per heavy atom. The minimum Gasteiger partial charge on any atom is -0.490 e. The molecule has 120 valence electrons. The largest absolute Gasteiger partial charge is 0.490 e. The predicted octanol–water partition coefficient (Wildman–Crippen LogP) is 3.20. The van der Waals surface area contributed by atoms with Gasteiger partial charge >= 0.3 is 0 Å². The fourth-order valence-electron chi connectivity index (χ4n) is 3.34. The highest BCUT2D eigenvalue weighted by Crippen LogP contribution is 2.46. The molecule has 2 heterocycles. The number of aryl methyl sites for hydroxylation is 1. The van der Waals surface area contributed by atoms with Crippen LogP contribution in [0.2, 0.25) is 0 Å². The van der Waals surface area contributed by atoms with Crippen LogP contribution in [-0.2, 0) is 4.79 Å². The summed E-state index contributed by atoms with van der Waals surface area (Å²) in [4.78, 5) is 18.8. The Morgan fingerprint density at radius 3 is 2.55 bits per heavy atom. The maximum absolute atomic E-state index is 12.7. The van der Waals surface area contributed by atoms with Crippen molar-refractivity contribution in [3.8, 4) is 5.75 Å². The summed E-state index contributed by atoms with van der Waals surface area (Å²) in [7, 11) is 0. The van der Waals surface area contributed by atoms with Gasteiger partial charge in [0.2, 0.25) is 5.91 Å². The summed E-state index contributed by atoms with van der Waals surface area (Å²) in [6.45, 7) is 7.85. The van der Waals surface area contributed by atoms with Crippen LogP contribution in [0, 0.1) is 18.3 Å². The maximum Gasteiger partial charge on any atom is 0.228 e. The highest BCUT2D eigenvalue weighted by Gasteiger charge is 2.45. The average Bonchev–Trinajstić information content (AvgIpc) is 3.35. The van der Waals surface area contributed by atoms with E-state index < -0.39 is 0 Å². The number of amides is 1. The molecule has 1 amide bonds. The minimum absolute atomic E-state index is 0.185. The Hall–Kier alpha value is -1.58. The van der Waals surface area contributed by atoms with Gasteiger partial charge in [0, 0.05) is 49.3 Å². The lowest BCUT2D eigenvalue weighted by atomic mass is 9.85. The topological polar surface area (TPSA) is 42.4 Å². The zero-order valence-electron chi connectivity index (χ0n) is 13.8. The highest BCUT2D eigenvalue weighted by atomic mass is 16.5. The SMILES string of the molecule is Cc1cnccc1OC1CCN(C(=O)C(C)(C)C2CC2)CC1. The molecule has 0 N–H and O–H groups in total. The summed E-state index contributed by atoms with van der Waals surface area (Å²) in [6, 6.07) is 1.92. The van der Waals surface area contributed by atoms with Gasteiger partial charge in [-0.2, -0.15) is 0 Å². The molecule has 1 saturated carbocycles. The third-order valence-corrected chi connectivity index (χ3v) is 5.14. The first-order valence-electron chi connectivity index (χ1n) is 8.35. The van der Waals surface area contributed by atoms with Crippen molar-refractivity contribution in [1.29, 1.82) is 0 Å². The molecule has 1 saturated heterocycles. The normalized spacial score (nSPS) is 20.0. The fourth-order valence-corrected chi connectivity index (χ4v) is 3.34. The van der Waals surface area contributed by atoms with Gasteiger partial charge in [-0.15, -0.1) is 0 Å². The lowest BCUT2D eigenvalue weighted by Crippen LogP contribution is -2.47. The van der Waals surface area contributed by atoms with E-state index in [0.29, 0.717) is 11.8 Å². The van der Waals surface area contributed by atoms with Crippen LogP contribution in [0.15, 0.2) is 18.5 Å². The van der Waals surface area contributed by atoms with Crippen molar-refractivity contribution in [3.05, 3.63) is 24.0 Å². The quantitative estimate of drug-likeness (QED) is 0.858. The van der Waals surface area contributed by atoms with E-state index in [2.05, 4.69) is 18.8 Å². The van der Waals surface area contributed by atoms with Crippen molar-refractivity contribution >= 4 is 5.91 Å². The molecule has 0 aromatic carbocycles. The summed E-state index contributed by atoms with van der Waals surface area (Å²) in [5.74, 6) is 1.83. The van der Waals surface area contributed by atoms with Crippen LogP contribution in [0.5, 0.6) is 5.75 Å². The molecule has 1 aromatic rings. The Labute approximate surface area is 132 Å². The molecule has 0 unspecified atom stereocenters. The molecule has 1 aromatic heterocycles. The van der Waals surface area contributed by atoms with E-state index >= 15 is 0 Å². The number of likely N-dealkylation sites (tertiary alicyclic amines) is 1. The van der Waals surface area contributed by atoms with Gasteiger partial charge in [-0.1, -0.05) is 13.8 Å². The van der Waals surface area contributed by atoms with Gasteiger partial charge in [0.05, 0.1) is 0 Å². The molecule has 0 spiro atoms. The van der Waals surface area contributed by atoms with E-state index in [1.54, 1.807) is 6.20 Å². The van der Waals surface area contributed by atoms with Crippen LogP contribution in [-0.4, -0.2) is 35.0 Å². The van der Waals surface area contributed by atoms with Crippen molar-refractivity contribution in [2.75, 3.05) is 13.1 Å². The minimum atomic E-state index is -0.185. The first kappa shape index (κ1) is 15.3. The third kappa shape index (κ3) is 3.11. The number of carbonyl (C=O) groups excluding carboxylic acids is 1. The monoisotopic (exact) mass is 302 g/mol. The molecule has 1 aliphatic heterocycles. The lowest BCUT2D eigenvalue weighted by Gasteiger charge is -2.37. The van der Waals surface area contributed by atoms with E-state index in [4.69, 9.17) is 4.74 Å². The third-order valence-electron chi connectivity index (χ3n) is 5.14. The highest BCUT2D eigenvalue weighted by molar-refractivity contribution is 5.82. The van der Waals surface area contributed by atoms with E-state index in [9.17, 15) is 4.79 Å². The first-order chi connectivity index (χ1) is 10.5. The van der Waals surface area contributed by atoms with Crippen LogP contribution in [0.25, 0.3) is 0 Å². The van der Waals surface area contributed by atoms with Crippen molar-refractivity contribution in [2.24, 2.45) is 11.3 Å². The zero-order valence-corrected chi connectivity index (χ0v) is 13.8. The number of pyridine rings is 1. The maximum atomic E-state index is 12.7. The van der Waals surface area contributed by atoms with Gasteiger partial charge in [0.1, 0.15) is 11.9 Å². The molecule has 2 fully saturated rings. The number of nitrogens with zero attached hydrogens (tertiary/aromatic N) is 2. The van der Waals surface area contributed by atoms with Gasteiger partial charge < -0.3 is 9.64 Å². The Morgan fingerprint density at radius 1 is 1.27 bits per heavy atom. The first-order valence-corrected chi connectivity index (χ1v) is 8.35. The number of carbonyl (C=O) groups is 1. The molecule has 0 atom stereocenters. The van der Waals surface area contributed by atoms with Gasteiger partial charge in [0.25, 0.3) is 0 Å². The molecule has 0 bridgehead atoms. The van der Waals surface area contributed by atoms with Crippen LogP contribution < -0.4 is 4.74 Å². The summed E-state index contributed by atoms with van der Waals surface area (Å²) >= 11 is 0. The Bertz CT molecular complexity index is 544. The van der Waals surface area contributed by atoms with E-state index in [-0.39, 0.29) is 11.5 Å². The second kappa shape index (κ2) is 5.90. The number of piperidine rings is 1. The molecule has 3 rings (SSSR count). The molecule has 4 nitrogen and oxygen atoms in total. The summed E-state index contributed by atoms with van der Waals surface area (Å²) in [5.41, 5.74) is 0.880. The van der Waals surface area contributed by atoms with Gasteiger partial charge in [-0.25, -0.2) is 0 Å². The van der Waals surface area contributed by atoms with Gasteiger partial charge in [-0.3, -0.25) is 9.78 Å². The second-order valence-corrected chi connectivity index (χ2v) is 7.25. The smallest absolute Gasteiger partial charge is 0.228 e. The van der Waals surface area contributed by atoms with Crippen LogP contribution in [0.1, 0.15) is 45.1 Å². The van der Waals surface area contributed by atoms with Crippen molar-refractivity contribution < 1.29 is 9.53 Å². The van der Waals surface area contributed by atoms with Crippen molar-refractivity contribution in [2.45, 2.75) is 52.6 Å². The van der Waals surface area contributed by atoms with Crippen LogP contribution in [0.4, 0.5) is 0 Å². The van der Waals surface area contributed by atoms with Crippen LogP contribution >= 0.6 is 0 Å². The van der Waals surface area contributed by atoms with E-state index in [0.717, 1.165) is 37.2 Å². The van der Waals surface area contributed by atoms with Gasteiger partial charge in [-0.05, 0) is 31.7 Å².